The van der Waals surface area contributed by atoms with Crippen molar-refractivity contribution >= 4 is 16.8 Å². The monoisotopic (exact) mass is 302 g/mol. The van der Waals surface area contributed by atoms with Gasteiger partial charge in [-0.3, -0.25) is 0 Å². The van der Waals surface area contributed by atoms with E-state index >= 15 is 0 Å². The molecule has 23 heavy (non-hydrogen) atoms. The molecule has 0 aromatic heterocycles. The van der Waals surface area contributed by atoms with E-state index in [2.05, 4.69) is 48.6 Å². The quantitative estimate of drug-likeness (QED) is 0.713. The van der Waals surface area contributed by atoms with Crippen molar-refractivity contribution in [2.45, 2.75) is 12.3 Å². The van der Waals surface area contributed by atoms with Gasteiger partial charge in [0.05, 0.1) is 7.11 Å². The van der Waals surface area contributed by atoms with Gasteiger partial charge in [0.2, 0.25) is 0 Å². The summed E-state index contributed by atoms with van der Waals surface area (Å²) in [6, 6.07) is 18.5. The van der Waals surface area contributed by atoms with Crippen molar-refractivity contribution < 1.29 is 9.84 Å². The molecule has 1 N–H and O–H groups in total. The van der Waals surface area contributed by atoms with E-state index in [9.17, 15) is 5.11 Å². The van der Waals surface area contributed by atoms with Crippen molar-refractivity contribution in [2.75, 3.05) is 7.11 Å². The van der Waals surface area contributed by atoms with E-state index in [0.717, 1.165) is 12.0 Å². The molecule has 2 nitrogen and oxygen atoms in total. The number of hydrogen-bond acceptors (Lipinski definition) is 2. The van der Waals surface area contributed by atoms with Crippen LogP contribution < -0.4 is 4.74 Å². The lowest BCUT2D eigenvalue weighted by molar-refractivity contribution is 0.406. The van der Waals surface area contributed by atoms with E-state index in [1.54, 1.807) is 13.2 Å². The Morgan fingerprint density at radius 2 is 1.74 bits per heavy atom. The molecule has 0 saturated carbocycles. The number of phenolic OH excluding ortho intramolecular Hbond substituents is 1. The van der Waals surface area contributed by atoms with Crippen molar-refractivity contribution in [3.8, 4) is 11.5 Å². The van der Waals surface area contributed by atoms with Gasteiger partial charge < -0.3 is 9.84 Å². The molecule has 1 aliphatic rings. The van der Waals surface area contributed by atoms with E-state index in [-0.39, 0.29) is 5.92 Å². The lowest BCUT2D eigenvalue weighted by Gasteiger charge is -2.24. The van der Waals surface area contributed by atoms with Crippen LogP contribution in [0.5, 0.6) is 11.5 Å². The van der Waals surface area contributed by atoms with Gasteiger partial charge in [0.1, 0.15) is 11.5 Å². The lowest BCUT2D eigenvalue weighted by atomic mass is 9.81. The fourth-order valence-electron chi connectivity index (χ4n) is 3.42. The molecule has 0 saturated heterocycles. The molecular formula is C21H18O2. The molecule has 3 aromatic rings. The zero-order valence-corrected chi connectivity index (χ0v) is 13.0. The predicted octanol–water partition coefficient (Wildman–Crippen LogP) is 5.10. The minimum atomic E-state index is 0.172. The first-order valence-electron chi connectivity index (χ1n) is 7.82. The Morgan fingerprint density at radius 3 is 2.48 bits per heavy atom. The van der Waals surface area contributed by atoms with Gasteiger partial charge in [-0.1, -0.05) is 42.5 Å². The largest absolute Gasteiger partial charge is 0.508 e. The molecule has 0 aliphatic heterocycles. The Morgan fingerprint density at radius 1 is 0.957 bits per heavy atom. The van der Waals surface area contributed by atoms with Crippen molar-refractivity contribution in [3.63, 3.8) is 0 Å². The molecule has 3 aromatic carbocycles. The second-order valence-electron chi connectivity index (χ2n) is 5.94. The number of methoxy groups -OCH3 is 1. The summed E-state index contributed by atoms with van der Waals surface area (Å²) in [6.45, 7) is 0. The summed E-state index contributed by atoms with van der Waals surface area (Å²) in [4.78, 5) is 0. The Balaban J connectivity index is 1.87. The Labute approximate surface area is 135 Å². The van der Waals surface area contributed by atoms with E-state index in [1.165, 1.54) is 21.9 Å². The third-order valence-corrected chi connectivity index (χ3v) is 4.61. The zero-order valence-electron chi connectivity index (χ0n) is 13.0. The second-order valence-corrected chi connectivity index (χ2v) is 5.94. The highest BCUT2D eigenvalue weighted by Crippen LogP contribution is 2.41. The summed E-state index contributed by atoms with van der Waals surface area (Å²) in [5, 5.41) is 12.9. The molecule has 1 atom stereocenters. The predicted molar refractivity (Wildman–Crippen MR) is 94.1 cm³/mol. The van der Waals surface area contributed by atoms with Crippen molar-refractivity contribution in [1.82, 2.24) is 0 Å². The smallest absolute Gasteiger partial charge is 0.123 e. The number of fused-ring (bicyclic) bond motifs is 2. The second kappa shape index (κ2) is 5.47. The van der Waals surface area contributed by atoms with E-state index in [0.29, 0.717) is 11.5 Å². The van der Waals surface area contributed by atoms with Crippen LogP contribution in [0.4, 0.5) is 0 Å². The third-order valence-electron chi connectivity index (χ3n) is 4.61. The normalized spacial score (nSPS) is 16.3. The van der Waals surface area contributed by atoms with Crippen molar-refractivity contribution in [2.24, 2.45) is 0 Å². The molecule has 0 heterocycles. The van der Waals surface area contributed by atoms with Gasteiger partial charge in [0.15, 0.2) is 0 Å². The minimum absolute atomic E-state index is 0.172. The molecule has 2 heteroatoms. The summed E-state index contributed by atoms with van der Waals surface area (Å²) in [7, 11) is 1.61. The first-order chi connectivity index (χ1) is 11.3. The number of aromatic hydroxyl groups is 1. The molecule has 0 spiro atoms. The molecule has 0 fully saturated rings. The van der Waals surface area contributed by atoms with Crippen LogP contribution in [0.15, 0.2) is 60.7 Å². The fraction of sp³-hybridized carbons (Fsp3) is 0.143. The van der Waals surface area contributed by atoms with Crippen molar-refractivity contribution in [3.05, 3.63) is 77.4 Å². The fourth-order valence-corrected chi connectivity index (χ4v) is 3.42. The van der Waals surface area contributed by atoms with Crippen LogP contribution in [0.3, 0.4) is 0 Å². The van der Waals surface area contributed by atoms with Crippen LogP contribution in [-0.2, 0) is 0 Å². The van der Waals surface area contributed by atoms with E-state index in [1.807, 2.05) is 12.1 Å². The zero-order chi connectivity index (χ0) is 15.8. The third kappa shape index (κ3) is 2.36. The van der Waals surface area contributed by atoms with Crippen LogP contribution >= 0.6 is 0 Å². The van der Waals surface area contributed by atoms with Gasteiger partial charge in [-0.25, -0.2) is 0 Å². The molecule has 1 unspecified atom stereocenters. The maximum absolute atomic E-state index is 10.4. The highest BCUT2D eigenvalue weighted by atomic mass is 16.5. The molecule has 0 amide bonds. The number of hydrogen-bond donors (Lipinski definition) is 1. The molecular weight excluding hydrogens is 284 g/mol. The summed E-state index contributed by atoms with van der Waals surface area (Å²) in [5.74, 6) is 1.14. The summed E-state index contributed by atoms with van der Waals surface area (Å²) >= 11 is 0. The maximum atomic E-state index is 10.4. The van der Waals surface area contributed by atoms with Crippen LogP contribution in [0, 0.1) is 0 Å². The lowest BCUT2D eigenvalue weighted by Crippen LogP contribution is -2.06. The van der Waals surface area contributed by atoms with Gasteiger partial charge in [0, 0.05) is 17.5 Å². The van der Waals surface area contributed by atoms with Crippen LogP contribution in [-0.4, -0.2) is 12.2 Å². The summed E-state index contributed by atoms with van der Waals surface area (Å²) < 4.78 is 5.19. The van der Waals surface area contributed by atoms with Gasteiger partial charge in [-0.05, 0) is 46.5 Å². The van der Waals surface area contributed by atoms with Gasteiger partial charge >= 0.3 is 0 Å². The highest BCUT2D eigenvalue weighted by Gasteiger charge is 2.22. The average molecular weight is 302 g/mol. The van der Waals surface area contributed by atoms with E-state index < -0.39 is 0 Å². The number of rotatable bonds is 2. The van der Waals surface area contributed by atoms with E-state index in [4.69, 9.17) is 4.74 Å². The first-order valence-corrected chi connectivity index (χ1v) is 7.82. The standard InChI is InChI=1S/C21H18O2/c1-23-17-9-10-19(21(22)13-17)18-8-4-7-16-11-14-5-2-3-6-15(14)12-20(16)18/h2-7,9-13,18,22H,8H2,1H3. The Bertz CT molecular complexity index is 909. The number of benzene rings is 3. The first kappa shape index (κ1) is 13.9. The molecule has 0 radical (unpaired) electrons. The van der Waals surface area contributed by atoms with Gasteiger partial charge in [-0.2, -0.15) is 0 Å². The Hall–Kier alpha value is -2.74. The maximum Gasteiger partial charge on any atom is 0.123 e. The SMILES string of the molecule is COc1ccc(C2CC=Cc3cc4ccccc4cc32)c(O)c1. The van der Waals surface area contributed by atoms with Gasteiger partial charge in [0.25, 0.3) is 0 Å². The number of phenols is 1. The van der Waals surface area contributed by atoms with Crippen molar-refractivity contribution in [1.29, 1.82) is 0 Å². The summed E-state index contributed by atoms with van der Waals surface area (Å²) in [6.07, 6.45) is 5.26. The number of allylic oxidation sites excluding steroid dienone is 1. The van der Waals surface area contributed by atoms with Crippen LogP contribution in [0.2, 0.25) is 0 Å². The van der Waals surface area contributed by atoms with Gasteiger partial charge in [-0.15, -0.1) is 0 Å². The Kier molecular flexibility index (Phi) is 3.30. The topological polar surface area (TPSA) is 29.5 Å². The number of ether oxygens (including phenoxy) is 1. The molecule has 0 bridgehead atoms. The van der Waals surface area contributed by atoms with Crippen LogP contribution in [0.25, 0.3) is 16.8 Å². The van der Waals surface area contributed by atoms with Crippen LogP contribution in [0.1, 0.15) is 29.0 Å². The highest BCUT2D eigenvalue weighted by molar-refractivity contribution is 5.87. The molecule has 1 aliphatic carbocycles. The average Bonchev–Trinajstić information content (AvgIpc) is 2.59. The molecule has 4 rings (SSSR count). The minimum Gasteiger partial charge on any atom is -0.508 e. The summed E-state index contributed by atoms with van der Waals surface area (Å²) in [5.41, 5.74) is 3.45. The molecule has 114 valence electrons.